The van der Waals surface area contributed by atoms with Gasteiger partial charge in [-0.25, -0.2) is 0 Å². The van der Waals surface area contributed by atoms with Gasteiger partial charge in [-0.15, -0.1) is 0 Å². The highest BCUT2D eigenvalue weighted by molar-refractivity contribution is 6.33. The third kappa shape index (κ3) is 3.55. The number of anilines is 1. The molecular formula is C14H20ClN3O2. The van der Waals surface area contributed by atoms with Gasteiger partial charge in [-0.3, -0.25) is 0 Å². The quantitative estimate of drug-likeness (QED) is 0.387. The van der Waals surface area contributed by atoms with E-state index in [-0.39, 0.29) is 5.84 Å². The van der Waals surface area contributed by atoms with Crippen LogP contribution >= 0.6 is 11.6 Å². The molecule has 0 amide bonds. The van der Waals surface area contributed by atoms with E-state index in [4.69, 9.17) is 27.3 Å². The number of benzene rings is 1. The fourth-order valence-corrected chi connectivity index (χ4v) is 2.77. The molecule has 1 saturated heterocycles. The predicted octanol–water partition coefficient (Wildman–Crippen LogP) is 2.30. The number of halogens is 1. The van der Waals surface area contributed by atoms with Crippen LogP contribution in [0.1, 0.15) is 18.4 Å². The first kappa shape index (κ1) is 14.9. The van der Waals surface area contributed by atoms with Crippen LogP contribution in [0, 0.1) is 5.92 Å². The Labute approximate surface area is 124 Å². The molecule has 5 nitrogen and oxygen atoms in total. The molecule has 110 valence electrons. The molecule has 3 N–H and O–H groups in total. The summed E-state index contributed by atoms with van der Waals surface area (Å²) in [4.78, 5) is 2.15. The molecule has 0 aromatic heterocycles. The highest BCUT2D eigenvalue weighted by Gasteiger charge is 2.17. The summed E-state index contributed by atoms with van der Waals surface area (Å²) in [5, 5.41) is 12.2. The molecule has 2 rings (SSSR count). The fraction of sp³-hybridized carbons (Fsp3) is 0.500. The van der Waals surface area contributed by atoms with Crippen molar-refractivity contribution in [3.05, 3.63) is 28.8 Å². The van der Waals surface area contributed by atoms with Crippen molar-refractivity contribution in [2.24, 2.45) is 16.8 Å². The number of rotatable bonds is 4. The summed E-state index contributed by atoms with van der Waals surface area (Å²) < 4.78 is 5.37. The number of hydrogen-bond acceptors (Lipinski definition) is 4. The van der Waals surface area contributed by atoms with Crippen molar-refractivity contribution in [1.82, 2.24) is 0 Å². The third-order valence-electron chi connectivity index (χ3n) is 3.64. The number of hydrogen-bond donors (Lipinski definition) is 2. The number of nitrogens with two attached hydrogens (primary N) is 1. The Hall–Kier alpha value is -1.46. The molecule has 0 aliphatic carbocycles. The summed E-state index contributed by atoms with van der Waals surface area (Å²) in [6.07, 6.45) is 2.17. The Bertz CT molecular complexity index is 487. The maximum Gasteiger partial charge on any atom is 0.170 e. The lowest BCUT2D eigenvalue weighted by atomic mass is 9.99. The molecule has 0 saturated carbocycles. The molecule has 0 spiro atoms. The third-order valence-corrected chi connectivity index (χ3v) is 3.94. The molecule has 1 aromatic rings. The topological polar surface area (TPSA) is 71.1 Å². The van der Waals surface area contributed by atoms with E-state index in [0.717, 1.165) is 38.3 Å². The summed E-state index contributed by atoms with van der Waals surface area (Å²) in [6.45, 7) is 2.63. The van der Waals surface area contributed by atoms with Gasteiger partial charge in [0, 0.05) is 32.4 Å². The van der Waals surface area contributed by atoms with Crippen LogP contribution in [0.25, 0.3) is 0 Å². The van der Waals surface area contributed by atoms with Crippen LogP contribution in [0.2, 0.25) is 5.02 Å². The van der Waals surface area contributed by atoms with Crippen molar-refractivity contribution in [3.8, 4) is 0 Å². The summed E-state index contributed by atoms with van der Waals surface area (Å²) in [6, 6.07) is 5.41. The lowest BCUT2D eigenvalue weighted by Gasteiger charge is -2.29. The predicted molar refractivity (Wildman–Crippen MR) is 80.8 cm³/mol. The summed E-state index contributed by atoms with van der Waals surface area (Å²) in [7, 11) is 2.03. The zero-order valence-electron chi connectivity index (χ0n) is 11.6. The molecule has 1 aromatic carbocycles. The van der Waals surface area contributed by atoms with Crippen molar-refractivity contribution in [1.29, 1.82) is 0 Å². The van der Waals surface area contributed by atoms with Crippen LogP contribution in [0.5, 0.6) is 0 Å². The largest absolute Gasteiger partial charge is 0.409 e. The summed E-state index contributed by atoms with van der Waals surface area (Å²) in [5.41, 5.74) is 7.12. The van der Waals surface area contributed by atoms with Gasteiger partial charge in [-0.05, 0) is 37.0 Å². The molecule has 6 heteroatoms. The first-order valence-corrected chi connectivity index (χ1v) is 7.06. The van der Waals surface area contributed by atoms with Gasteiger partial charge in [-0.1, -0.05) is 16.8 Å². The first-order valence-electron chi connectivity index (χ1n) is 6.68. The smallest absolute Gasteiger partial charge is 0.170 e. The Kier molecular flexibility index (Phi) is 5.09. The van der Waals surface area contributed by atoms with Crippen LogP contribution in [-0.2, 0) is 4.74 Å². The highest BCUT2D eigenvalue weighted by atomic mass is 35.5. The van der Waals surface area contributed by atoms with Gasteiger partial charge in [0.2, 0.25) is 0 Å². The zero-order chi connectivity index (χ0) is 14.5. The Morgan fingerprint density at radius 3 is 2.80 bits per heavy atom. The zero-order valence-corrected chi connectivity index (χ0v) is 12.3. The lowest BCUT2D eigenvalue weighted by molar-refractivity contribution is 0.0685. The molecule has 1 fully saturated rings. The van der Waals surface area contributed by atoms with Gasteiger partial charge in [0.15, 0.2) is 5.84 Å². The van der Waals surface area contributed by atoms with E-state index in [2.05, 4.69) is 10.1 Å². The molecule has 1 aliphatic heterocycles. The van der Waals surface area contributed by atoms with E-state index in [1.54, 1.807) is 12.1 Å². The molecule has 1 heterocycles. The minimum Gasteiger partial charge on any atom is -0.409 e. The van der Waals surface area contributed by atoms with Crippen molar-refractivity contribution in [2.45, 2.75) is 12.8 Å². The summed E-state index contributed by atoms with van der Waals surface area (Å²) >= 11 is 6.28. The Balaban J connectivity index is 2.07. The minimum absolute atomic E-state index is 0.0607. The standard InChI is InChI=1S/C14H20ClN3O2/c1-18(9-10-4-6-20-7-5-10)13-3-2-11(8-12(13)15)14(16)17-19/h2-3,8,10,19H,4-7,9H2,1H3,(H2,16,17). The van der Waals surface area contributed by atoms with Crippen molar-refractivity contribution >= 4 is 23.1 Å². The second-order valence-electron chi connectivity index (χ2n) is 5.09. The van der Waals surface area contributed by atoms with Gasteiger partial charge in [0.1, 0.15) is 0 Å². The Morgan fingerprint density at radius 1 is 1.50 bits per heavy atom. The maximum absolute atomic E-state index is 8.67. The average molecular weight is 298 g/mol. The molecule has 1 aliphatic rings. The highest BCUT2D eigenvalue weighted by Crippen LogP contribution is 2.28. The van der Waals surface area contributed by atoms with E-state index < -0.39 is 0 Å². The van der Waals surface area contributed by atoms with Gasteiger partial charge in [0.05, 0.1) is 10.7 Å². The van der Waals surface area contributed by atoms with Crippen LogP contribution in [0.3, 0.4) is 0 Å². The Morgan fingerprint density at radius 2 is 2.20 bits per heavy atom. The molecule has 0 unspecified atom stereocenters. The van der Waals surface area contributed by atoms with Crippen LogP contribution in [0.15, 0.2) is 23.4 Å². The lowest BCUT2D eigenvalue weighted by Crippen LogP contribution is -2.29. The molecule has 0 bridgehead atoms. The monoisotopic (exact) mass is 297 g/mol. The van der Waals surface area contributed by atoms with E-state index in [9.17, 15) is 0 Å². The van der Waals surface area contributed by atoms with Crippen molar-refractivity contribution in [3.63, 3.8) is 0 Å². The second kappa shape index (κ2) is 6.81. The van der Waals surface area contributed by atoms with Crippen LogP contribution in [-0.4, -0.2) is 37.8 Å². The average Bonchev–Trinajstić information content (AvgIpc) is 2.47. The molecule has 20 heavy (non-hydrogen) atoms. The van der Waals surface area contributed by atoms with Crippen molar-refractivity contribution in [2.75, 3.05) is 31.7 Å². The number of oxime groups is 1. The number of nitrogens with zero attached hydrogens (tertiary/aromatic N) is 2. The number of amidine groups is 1. The van der Waals surface area contributed by atoms with Gasteiger partial charge in [0.25, 0.3) is 0 Å². The molecule has 0 atom stereocenters. The van der Waals surface area contributed by atoms with E-state index >= 15 is 0 Å². The van der Waals surface area contributed by atoms with Gasteiger partial charge in [-0.2, -0.15) is 0 Å². The van der Waals surface area contributed by atoms with Crippen molar-refractivity contribution < 1.29 is 9.94 Å². The number of ether oxygens (including phenoxy) is 1. The first-order chi connectivity index (χ1) is 9.61. The van der Waals surface area contributed by atoms with E-state index in [1.807, 2.05) is 13.1 Å². The van der Waals surface area contributed by atoms with E-state index in [0.29, 0.717) is 16.5 Å². The summed E-state index contributed by atoms with van der Waals surface area (Å²) in [5.74, 6) is 0.694. The molecule has 0 radical (unpaired) electrons. The normalized spacial score (nSPS) is 17.2. The second-order valence-corrected chi connectivity index (χ2v) is 5.49. The van der Waals surface area contributed by atoms with Crippen LogP contribution in [0.4, 0.5) is 5.69 Å². The van der Waals surface area contributed by atoms with E-state index in [1.165, 1.54) is 0 Å². The fourth-order valence-electron chi connectivity index (χ4n) is 2.45. The van der Waals surface area contributed by atoms with Gasteiger partial charge >= 0.3 is 0 Å². The SMILES string of the molecule is CN(CC1CCOCC1)c1ccc(C(N)=NO)cc1Cl. The molecular weight excluding hydrogens is 278 g/mol. The van der Waals surface area contributed by atoms with Crippen LogP contribution < -0.4 is 10.6 Å². The maximum atomic E-state index is 8.67. The van der Waals surface area contributed by atoms with Gasteiger partial charge < -0.3 is 20.6 Å². The minimum atomic E-state index is 0.0607.